The van der Waals surface area contributed by atoms with E-state index in [1.807, 2.05) is 0 Å². The molecular weight excluding hydrogens is 719 g/mol. The number of allylic oxidation sites excluding steroid dienone is 6. The quantitative estimate of drug-likeness (QED) is 0.0266. The molecule has 334 valence electrons. The van der Waals surface area contributed by atoms with Gasteiger partial charge in [-0.15, -0.1) is 0 Å². The Labute approximate surface area is 349 Å². The summed E-state index contributed by atoms with van der Waals surface area (Å²) in [6.07, 6.45) is 40.1. The standard InChI is InChI=1S/C48H89NO8/c1-3-5-7-9-11-13-15-16-17-18-19-20-21-22-23-24-25-26-28-30-32-34-36-38-44(52)49-41(40-56-48-47(55)46(54)45(53)43(39-50)57-48)42(51)37-35-33-31-29-27-14-12-10-8-6-4-2/h15-16,18-19,21-22,41-43,45-48,50-51,53-55H,3-14,17,20,23-40H2,1-2H3,(H,49,52)/b16-15-,19-18-,22-21-. The van der Waals surface area contributed by atoms with Crippen LogP contribution in [0.3, 0.4) is 0 Å². The summed E-state index contributed by atoms with van der Waals surface area (Å²) in [6, 6.07) is -0.721. The van der Waals surface area contributed by atoms with E-state index in [0.29, 0.717) is 12.8 Å². The smallest absolute Gasteiger partial charge is 0.220 e. The first-order chi connectivity index (χ1) is 27.8. The summed E-state index contributed by atoms with van der Waals surface area (Å²) in [6.45, 7) is 3.80. The van der Waals surface area contributed by atoms with E-state index in [-0.39, 0.29) is 12.5 Å². The predicted molar refractivity (Wildman–Crippen MR) is 235 cm³/mol. The number of ether oxygens (including phenoxy) is 2. The summed E-state index contributed by atoms with van der Waals surface area (Å²) in [5.41, 5.74) is 0. The van der Waals surface area contributed by atoms with Crippen molar-refractivity contribution in [2.75, 3.05) is 13.2 Å². The second-order valence-corrected chi connectivity index (χ2v) is 16.6. The predicted octanol–water partition coefficient (Wildman–Crippen LogP) is 10.1. The third-order valence-corrected chi connectivity index (χ3v) is 11.2. The number of unbranched alkanes of at least 4 members (excludes halogenated alkanes) is 23. The molecule has 7 atom stereocenters. The van der Waals surface area contributed by atoms with Gasteiger partial charge in [0.15, 0.2) is 6.29 Å². The van der Waals surface area contributed by atoms with E-state index in [1.54, 1.807) is 0 Å². The molecule has 6 N–H and O–H groups in total. The third kappa shape index (κ3) is 29.3. The van der Waals surface area contributed by atoms with E-state index in [4.69, 9.17) is 9.47 Å². The Hall–Kier alpha value is -1.59. The number of hydrogen-bond acceptors (Lipinski definition) is 8. The van der Waals surface area contributed by atoms with E-state index >= 15 is 0 Å². The van der Waals surface area contributed by atoms with Gasteiger partial charge in [-0.2, -0.15) is 0 Å². The second kappa shape index (κ2) is 38.6. The van der Waals surface area contributed by atoms with Crippen LogP contribution in [0.5, 0.6) is 0 Å². The fourth-order valence-electron chi connectivity index (χ4n) is 7.40. The average molecular weight is 808 g/mol. The number of amides is 1. The maximum Gasteiger partial charge on any atom is 0.220 e. The molecule has 0 aromatic rings. The Morgan fingerprint density at radius 3 is 1.53 bits per heavy atom. The molecule has 0 saturated carbocycles. The number of rotatable bonds is 39. The molecule has 0 aromatic carbocycles. The summed E-state index contributed by atoms with van der Waals surface area (Å²) in [7, 11) is 0. The van der Waals surface area contributed by atoms with Crippen LogP contribution in [-0.4, -0.2) is 87.5 Å². The normalized spacial score (nSPS) is 21.3. The van der Waals surface area contributed by atoms with Crippen molar-refractivity contribution in [3.8, 4) is 0 Å². The van der Waals surface area contributed by atoms with Crippen LogP contribution in [-0.2, 0) is 14.3 Å². The summed E-state index contributed by atoms with van der Waals surface area (Å²) < 4.78 is 11.2. The number of nitrogens with one attached hydrogen (secondary N) is 1. The Balaban J connectivity index is 2.27. The summed E-state index contributed by atoms with van der Waals surface area (Å²) in [5, 5.41) is 54.3. The monoisotopic (exact) mass is 808 g/mol. The molecule has 9 nitrogen and oxygen atoms in total. The van der Waals surface area contributed by atoms with Crippen LogP contribution in [0.15, 0.2) is 36.5 Å². The van der Waals surface area contributed by atoms with Crippen molar-refractivity contribution in [3.05, 3.63) is 36.5 Å². The number of hydrogen-bond donors (Lipinski definition) is 6. The van der Waals surface area contributed by atoms with Crippen LogP contribution in [0.4, 0.5) is 0 Å². The van der Waals surface area contributed by atoms with Crippen molar-refractivity contribution < 1.29 is 39.8 Å². The lowest BCUT2D eigenvalue weighted by molar-refractivity contribution is -0.302. The molecule has 0 bridgehead atoms. The highest BCUT2D eigenvalue weighted by Gasteiger charge is 2.44. The SMILES string of the molecule is CCCCCCC/C=C\C/C=C\C/C=C\CCCCCCCCCCC(=O)NC(COC1OC(CO)C(O)C(O)C1O)C(O)CCCCCCCCCCCCC. The zero-order valence-electron chi connectivity index (χ0n) is 36.6. The molecule has 0 radical (unpaired) electrons. The van der Waals surface area contributed by atoms with Crippen LogP contribution >= 0.6 is 0 Å². The number of carbonyl (C=O) groups is 1. The molecule has 0 aromatic heterocycles. The van der Waals surface area contributed by atoms with Crippen molar-refractivity contribution in [1.29, 1.82) is 0 Å². The van der Waals surface area contributed by atoms with Gasteiger partial charge in [0.25, 0.3) is 0 Å². The van der Waals surface area contributed by atoms with Gasteiger partial charge in [-0.05, 0) is 51.4 Å². The first kappa shape index (κ1) is 53.4. The molecule has 7 unspecified atom stereocenters. The molecule has 0 spiro atoms. The summed E-state index contributed by atoms with van der Waals surface area (Å²) in [5.74, 6) is -0.153. The zero-order chi connectivity index (χ0) is 41.6. The van der Waals surface area contributed by atoms with Crippen molar-refractivity contribution in [3.63, 3.8) is 0 Å². The minimum atomic E-state index is -1.55. The van der Waals surface area contributed by atoms with Crippen LogP contribution in [0, 0.1) is 0 Å². The van der Waals surface area contributed by atoms with Gasteiger partial charge in [0.1, 0.15) is 24.4 Å². The Morgan fingerprint density at radius 1 is 0.596 bits per heavy atom. The Bertz CT molecular complexity index is 987. The Kier molecular flexibility index (Phi) is 36.2. The molecular formula is C48H89NO8. The highest BCUT2D eigenvalue weighted by molar-refractivity contribution is 5.76. The average Bonchev–Trinajstić information content (AvgIpc) is 3.21. The fraction of sp³-hybridized carbons (Fsp3) is 0.854. The zero-order valence-corrected chi connectivity index (χ0v) is 36.6. The lowest BCUT2D eigenvalue weighted by Crippen LogP contribution is -2.60. The van der Waals surface area contributed by atoms with Crippen molar-refractivity contribution >= 4 is 5.91 Å². The topological polar surface area (TPSA) is 149 Å². The van der Waals surface area contributed by atoms with Crippen molar-refractivity contribution in [2.24, 2.45) is 0 Å². The third-order valence-electron chi connectivity index (χ3n) is 11.2. The van der Waals surface area contributed by atoms with E-state index in [2.05, 4.69) is 55.6 Å². The molecule has 1 aliphatic rings. The number of aliphatic hydroxyl groups is 5. The lowest BCUT2D eigenvalue weighted by Gasteiger charge is -2.40. The highest BCUT2D eigenvalue weighted by atomic mass is 16.7. The van der Waals surface area contributed by atoms with E-state index < -0.39 is 49.5 Å². The number of aliphatic hydroxyl groups excluding tert-OH is 5. The first-order valence-corrected chi connectivity index (χ1v) is 23.7. The van der Waals surface area contributed by atoms with E-state index in [1.165, 1.54) is 122 Å². The highest BCUT2D eigenvalue weighted by Crippen LogP contribution is 2.23. The van der Waals surface area contributed by atoms with Crippen LogP contribution in [0.1, 0.15) is 206 Å². The van der Waals surface area contributed by atoms with Gasteiger partial charge in [0, 0.05) is 6.42 Å². The molecule has 1 amide bonds. The van der Waals surface area contributed by atoms with Crippen molar-refractivity contribution in [2.45, 2.75) is 249 Å². The maximum atomic E-state index is 13.0. The van der Waals surface area contributed by atoms with E-state index in [0.717, 1.165) is 57.8 Å². The molecule has 1 aliphatic heterocycles. The van der Waals surface area contributed by atoms with Crippen LogP contribution in [0.2, 0.25) is 0 Å². The van der Waals surface area contributed by atoms with Crippen LogP contribution < -0.4 is 5.32 Å². The maximum absolute atomic E-state index is 13.0. The van der Waals surface area contributed by atoms with Gasteiger partial charge in [0.2, 0.25) is 5.91 Å². The second-order valence-electron chi connectivity index (χ2n) is 16.6. The van der Waals surface area contributed by atoms with Gasteiger partial charge >= 0.3 is 0 Å². The minimum Gasteiger partial charge on any atom is -0.394 e. The Morgan fingerprint density at radius 2 is 1.04 bits per heavy atom. The fourth-order valence-corrected chi connectivity index (χ4v) is 7.40. The number of carbonyl (C=O) groups excluding carboxylic acids is 1. The largest absolute Gasteiger partial charge is 0.394 e. The molecule has 1 rings (SSSR count). The molecule has 0 aliphatic carbocycles. The molecule has 1 fully saturated rings. The molecule has 9 heteroatoms. The van der Waals surface area contributed by atoms with Gasteiger partial charge < -0.3 is 40.3 Å². The minimum absolute atomic E-state index is 0.141. The van der Waals surface area contributed by atoms with Gasteiger partial charge in [-0.25, -0.2) is 0 Å². The summed E-state index contributed by atoms with van der Waals surface area (Å²) in [4.78, 5) is 13.0. The lowest BCUT2D eigenvalue weighted by atomic mass is 9.99. The first-order valence-electron chi connectivity index (χ1n) is 23.7. The molecule has 57 heavy (non-hydrogen) atoms. The van der Waals surface area contributed by atoms with Crippen molar-refractivity contribution in [1.82, 2.24) is 5.32 Å². The van der Waals surface area contributed by atoms with Gasteiger partial charge in [-0.3, -0.25) is 4.79 Å². The van der Waals surface area contributed by atoms with Gasteiger partial charge in [-0.1, -0.05) is 185 Å². The molecule has 1 heterocycles. The van der Waals surface area contributed by atoms with Gasteiger partial charge in [0.05, 0.1) is 25.4 Å². The van der Waals surface area contributed by atoms with E-state index in [9.17, 15) is 30.3 Å². The van der Waals surface area contributed by atoms with Crippen LogP contribution in [0.25, 0.3) is 0 Å². The molecule has 1 saturated heterocycles. The summed E-state index contributed by atoms with van der Waals surface area (Å²) >= 11 is 0.